The Bertz CT molecular complexity index is 1410. The lowest BCUT2D eigenvalue weighted by atomic mass is 9.87. The fraction of sp³-hybridized carbons (Fsp3) is 0.133. The van der Waals surface area contributed by atoms with E-state index in [2.05, 4.69) is 0 Å². The molecule has 0 saturated heterocycles. The van der Waals surface area contributed by atoms with Crippen LogP contribution < -0.4 is 0 Å². The number of esters is 2. The van der Waals surface area contributed by atoms with E-state index in [1.54, 1.807) is 44.2 Å². The van der Waals surface area contributed by atoms with Crippen molar-refractivity contribution in [1.82, 2.24) is 0 Å². The average molecular weight is 519 g/mol. The fourth-order valence-corrected chi connectivity index (χ4v) is 4.61. The molecular weight excluding hydrogens is 495 g/mol. The predicted octanol–water partition coefficient (Wildman–Crippen LogP) is 8.35. The Kier molecular flexibility index (Phi) is 8.09. The molecule has 182 valence electrons. The van der Waals surface area contributed by atoms with Crippen LogP contribution in [0.5, 0.6) is 0 Å². The molecule has 6 heteroatoms. The molecule has 0 aliphatic carbocycles. The quantitative estimate of drug-likeness (QED) is 0.230. The SMILES string of the molecule is CCOC(=O)c1cc(-c2ccccc2-c2ccccc2)c(C(=O)OCC)cc1-c1ccc(Cl)cc1Cl. The smallest absolute Gasteiger partial charge is 0.338 e. The van der Waals surface area contributed by atoms with Gasteiger partial charge in [0.15, 0.2) is 0 Å². The number of benzene rings is 4. The lowest BCUT2D eigenvalue weighted by Gasteiger charge is -2.18. The van der Waals surface area contributed by atoms with E-state index in [-0.39, 0.29) is 18.8 Å². The standard InChI is InChI=1S/C30H24Cl2O4/c1-3-35-29(33)26-18-25(23-15-14-20(31)16-28(23)32)27(30(34)36-4-2)17-24(26)22-13-9-8-12-21(22)19-10-6-5-7-11-19/h5-18H,3-4H2,1-2H3. The summed E-state index contributed by atoms with van der Waals surface area (Å²) in [7, 11) is 0. The third-order valence-electron chi connectivity index (χ3n) is 5.67. The lowest BCUT2D eigenvalue weighted by Crippen LogP contribution is -2.12. The van der Waals surface area contributed by atoms with Crippen LogP contribution in [0, 0.1) is 0 Å². The number of hydrogen-bond acceptors (Lipinski definition) is 4. The van der Waals surface area contributed by atoms with Crippen LogP contribution in [0.1, 0.15) is 34.6 Å². The largest absolute Gasteiger partial charge is 0.462 e. The first kappa shape index (κ1) is 25.5. The Morgan fingerprint density at radius 3 is 1.69 bits per heavy atom. The van der Waals surface area contributed by atoms with Crippen LogP contribution in [0.3, 0.4) is 0 Å². The minimum Gasteiger partial charge on any atom is -0.462 e. The van der Waals surface area contributed by atoms with Gasteiger partial charge in [-0.3, -0.25) is 0 Å². The van der Waals surface area contributed by atoms with Gasteiger partial charge < -0.3 is 9.47 Å². The Labute approximate surface area is 220 Å². The highest BCUT2D eigenvalue weighted by Crippen LogP contribution is 2.40. The van der Waals surface area contributed by atoms with Crippen LogP contribution in [0.15, 0.2) is 84.9 Å². The van der Waals surface area contributed by atoms with Crippen molar-refractivity contribution in [3.63, 3.8) is 0 Å². The van der Waals surface area contributed by atoms with E-state index >= 15 is 0 Å². The molecule has 0 unspecified atom stereocenters. The van der Waals surface area contributed by atoms with Crippen molar-refractivity contribution < 1.29 is 19.1 Å². The zero-order valence-electron chi connectivity index (χ0n) is 19.9. The average Bonchev–Trinajstić information content (AvgIpc) is 2.89. The summed E-state index contributed by atoms with van der Waals surface area (Å²) in [5.74, 6) is -1.02. The lowest BCUT2D eigenvalue weighted by molar-refractivity contribution is 0.0513. The second-order valence-corrected chi connectivity index (χ2v) is 8.76. The van der Waals surface area contributed by atoms with E-state index in [1.807, 2.05) is 54.6 Å². The van der Waals surface area contributed by atoms with Gasteiger partial charge in [-0.25, -0.2) is 9.59 Å². The molecule has 4 nitrogen and oxygen atoms in total. The van der Waals surface area contributed by atoms with E-state index in [4.69, 9.17) is 32.7 Å². The van der Waals surface area contributed by atoms with Crippen molar-refractivity contribution in [3.05, 3.63) is 106 Å². The van der Waals surface area contributed by atoms with E-state index in [9.17, 15) is 9.59 Å². The molecular formula is C30H24Cl2O4. The molecule has 4 aromatic rings. The summed E-state index contributed by atoms with van der Waals surface area (Å²) in [6.07, 6.45) is 0. The molecule has 0 bridgehead atoms. The van der Waals surface area contributed by atoms with Gasteiger partial charge in [0.1, 0.15) is 0 Å². The van der Waals surface area contributed by atoms with E-state index in [1.165, 1.54) is 0 Å². The van der Waals surface area contributed by atoms with Crippen LogP contribution in [0.2, 0.25) is 10.0 Å². The third kappa shape index (κ3) is 5.30. The Balaban J connectivity index is 2.05. The number of halogens is 2. The summed E-state index contributed by atoms with van der Waals surface area (Å²) in [5.41, 5.74) is 4.84. The zero-order valence-corrected chi connectivity index (χ0v) is 21.4. The maximum absolute atomic E-state index is 13.2. The zero-order chi connectivity index (χ0) is 25.7. The molecule has 0 N–H and O–H groups in total. The molecule has 0 aliphatic rings. The van der Waals surface area contributed by atoms with Crippen LogP contribution in [-0.4, -0.2) is 25.2 Å². The Hall–Kier alpha value is -3.60. The van der Waals surface area contributed by atoms with Crippen molar-refractivity contribution in [2.45, 2.75) is 13.8 Å². The summed E-state index contributed by atoms with van der Waals surface area (Å²) in [6.45, 7) is 3.89. The first-order valence-electron chi connectivity index (χ1n) is 11.6. The first-order valence-corrected chi connectivity index (χ1v) is 12.3. The Morgan fingerprint density at radius 2 is 1.14 bits per heavy atom. The molecule has 0 fully saturated rings. The van der Waals surface area contributed by atoms with Gasteiger partial charge in [0, 0.05) is 15.6 Å². The summed E-state index contributed by atoms with van der Waals surface area (Å²) < 4.78 is 10.8. The van der Waals surface area contributed by atoms with Gasteiger partial charge in [-0.1, -0.05) is 83.9 Å². The highest BCUT2D eigenvalue weighted by atomic mass is 35.5. The van der Waals surface area contributed by atoms with Gasteiger partial charge in [0.05, 0.1) is 24.3 Å². The second-order valence-electron chi connectivity index (χ2n) is 7.92. The predicted molar refractivity (Wildman–Crippen MR) is 145 cm³/mol. The number of hydrogen-bond donors (Lipinski definition) is 0. The molecule has 0 spiro atoms. The van der Waals surface area contributed by atoms with E-state index in [0.29, 0.717) is 32.3 Å². The maximum atomic E-state index is 13.2. The minimum absolute atomic E-state index is 0.197. The van der Waals surface area contributed by atoms with Crippen LogP contribution >= 0.6 is 23.2 Å². The molecule has 0 saturated carbocycles. The maximum Gasteiger partial charge on any atom is 0.338 e. The molecule has 0 atom stereocenters. The summed E-state index contributed by atoms with van der Waals surface area (Å²) >= 11 is 12.6. The van der Waals surface area contributed by atoms with Gasteiger partial charge in [-0.15, -0.1) is 0 Å². The van der Waals surface area contributed by atoms with Crippen molar-refractivity contribution >= 4 is 35.1 Å². The third-order valence-corrected chi connectivity index (χ3v) is 6.22. The topological polar surface area (TPSA) is 52.6 Å². The van der Waals surface area contributed by atoms with Crippen molar-refractivity contribution in [1.29, 1.82) is 0 Å². The molecule has 4 aromatic carbocycles. The summed E-state index contributed by atoms with van der Waals surface area (Å²) in [5, 5.41) is 0.806. The molecule has 36 heavy (non-hydrogen) atoms. The summed E-state index contributed by atoms with van der Waals surface area (Å²) in [6, 6.07) is 25.9. The van der Waals surface area contributed by atoms with Crippen molar-refractivity contribution in [2.24, 2.45) is 0 Å². The number of ether oxygens (including phenoxy) is 2. The highest BCUT2D eigenvalue weighted by molar-refractivity contribution is 6.36. The Morgan fingerprint density at radius 1 is 0.611 bits per heavy atom. The van der Waals surface area contributed by atoms with E-state index in [0.717, 1.165) is 16.7 Å². The van der Waals surface area contributed by atoms with Gasteiger partial charge in [-0.05, 0) is 65.9 Å². The van der Waals surface area contributed by atoms with Gasteiger partial charge in [0.2, 0.25) is 0 Å². The van der Waals surface area contributed by atoms with Crippen molar-refractivity contribution in [2.75, 3.05) is 13.2 Å². The van der Waals surface area contributed by atoms with E-state index < -0.39 is 11.9 Å². The minimum atomic E-state index is -0.521. The number of rotatable bonds is 7. The van der Waals surface area contributed by atoms with Crippen LogP contribution in [0.4, 0.5) is 0 Å². The molecule has 4 rings (SSSR count). The molecule has 0 aromatic heterocycles. The van der Waals surface area contributed by atoms with Gasteiger partial charge >= 0.3 is 11.9 Å². The summed E-state index contributed by atoms with van der Waals surface area (Å²) in [4.78, 5) is 26.4. The second kappa shape index (κ2) is 11.4. The van der Waals surface area contributed by atoms with Crippen molar-refractivity contribution in [3.8, 4) is 33.4 Å². The molecule has 0 heterocycles. The normalized spacial score (nSPS) is 10.7. The van der Waals surface area contributed by atoms with Crippen LogP contribution in [-0.2, 0) is 9.47 Å². The van der Waals surface area contributed by atoms with Gasteiger partial charge in [-0.2, -0.15) is 0 Å². The monoisotopic (exact) mass is 518 g/mol. The molecule has 0 aliphatic heterocycles. The van der Waals surface area contributed by atoms with Gasteiger partial charge in [0.25, 0.3) is 0 Å². The highest BCUT2D eigenvalue weighted by Gasteiger charge is 2.25. The fourth-order valence-electron chi connectivity index (χ4n) is 4.10. The molecule has 0 amide bonds. The number of carbonyl (C=O) groups excluding carboxylic acids is 2. The number of carbonyl (C=O) groups is 2. The first-order chi connectivity index (χ1) is 17.4. The van der Waals surface area contributed by atoms with Crippen LogP contribution in [0.25, 0.3) is 33.4 Å². The molecule has 0 radical (unpaired) electrons.